The molecule has 0 aliphatic heterocycles. The quantitative estimate of drug-likeness (QED) is 0.576. The number of carbonyl (C=O) groups is 2. The van der Waals surface area contributed by atoms with Crippen molar-refractivity contribution in [3.8, 4) is 0 Å². The van der Waals surface area contributed by atoms with Gasteiger partial charge in [0.05, 0.1) is 10.5 Å². The van der Waals surface area contributed by atoms with Gasteiger partial charge in [-0.25, -0.2) is 13.2 Å². The first-order valence-corrected chi connectivity index (χ1v) is 10.4. The van der Waals surface area contributed by atoms with Crippen molar-refractivity contribution in [3.05, 3.63) is 64.7 Å². The normalized spacial score (nSPS) is 11.9. The summed E-state index contributed by atoms with van der Waals surface area (Å²) in [7, 11) is -3.44. The first kappa shape index (κ1) is 20.8. The van der Waals surface area contributed by atoms with E-state index in [1.54, 1.807) is 25.1 Å². The third-order valence-electron chi connectivity index (χ3n) is 4.26. The first-order valence-electron chi connectivity index (χ1n) is 8.51. The molecule has 5 nitrogen and oxygen atoms in total. The second-order valence-corrected chi connectivity index (χ2v) is 9.59. The van der Waals surface area contributed by atoms with Gasteiger partial charge >= 0.3 is 5.97 Å². The summed E-state index contributed by atoms with van der Waals surface area (Å²) in [6, 6.07) is 11.4. The topological polar surface area (TPSA) is 77.5 Å². The van der Waals surface area contributed by atoms with Crippen molar-refractivity contribution in [2.75, 3.05) is 12.9 Å². The van der Waals surface area contributed by atoms with E-state index < -0.39 is 22.4 Å². The molecule has 0 atom stereocenters. The second kappa shape index (κ2) is 7.64. The number of carbonyl (C=O) groups excluding carboxylic acids is 2. The fraction of sp³-hybridized carbons (Fsp3) is 0.333. The summed E-state index contributed by atoms with van der Waals surface area (Å²) >= 11 is 0. The van der Waals surface area contributed by atoms with Crippen molar-refractivity contribution in [1.82, 2.24) is 0 Å². The fourth-order valence-corrected chi connectivity index (χ4v) is 3.15. The maximum Gasteiger partial charge on any atom is 0.338 e. The molecule has 144 valence electrons. The minimum Gasteiger partial charge on any atom is -0.454 e. The van der Waals surface area contributed by atoms with Crippen LogP contribution in [0, 0.1) is 6.92 Å². The van der Waals surface area contributed by atoms with Crippen molar-refractivity contribution < 1.29 is 22.7 Å². The van der Waals surface area contributed by atoms with Crippen LogP contribution >= 0.6 is 0 Å². The van der Waals surface area contributed by atoms with Crippen LogP contribution in [0.5, 0.6) is 0 Å². The summed E-state index contributed by atoms with van der Waals surface area (Å²) < 4.78 is 28.4. The lowest BCUT2D eigenvalue weighted by Crippen LogP contribution is -2.16. The molecule has 0 saturated carbocycles. The Morgan fingerprint density at radius 3 is 2.11 bits per heavy atom. The van der Waals surface area contributed by atoms with Gasteiger partial charge < -0.3 is 4.74 Å². The van der Waals surface area contributed by atoms with Crippen LogP contribution in [-0.4, -0.2) is 33.0 Å². The third kappa shape index (κ3) is 5.26. The van der Waals surface area contributed by atoms with Gasteiger partial charge in [-0.05, 0) is 35.6 Å². The highest BCUT2D eigenvalue weighted by Crippen LogP contribution is 2.22. The Bertz CT molecular complexity index is 965. The Labute approximate surface area is 160 Å². The van der Waals surface area contributed by atoms with E-state index in [1.807, 2.05) is 12.1 Å². The van der Waals surface area contributed by atoms with Crippen molar-refractivity contribution >= 4 is 21.6 Å². The number of hydrogen-bond acceptors (Lipinski definition) is 5. The number of aryl methyl sites for hydroxylation is 1. The number of ether oxygens (including phenoxy) is 1. The van der Waals surface area contributed by atoms with E-state index in [1.165, 1.54) is 12.1 Å². The largest absolute Gasteiger partial charge is 0.454 e. The molecule has 0 amide bonds. The summed E-state index contributed by atoms with van der Waals surface area (Å²) in [4.78, 5) is 24.6. The number of esters is 1. The molecule has 0 spiro atoms. The predicted octanol–water partition coefficient (Wildman–Crippen LogP) is 3.74. The number of rotatable bonds is 5. The van der Waals surface area contributed by atoms with Crippen LogP contribution in [0.3, 0.4) is 0 Å². The van der Waals surface area contributed by atoms with Crippen molar-refractivity contribution in [1.29, 1.82) is 0 Å². The molecule has 0 aliphatic carbocycles. The molecule has 6 heteroatoms. The average Bonchev–Trinajstić information content (AvgIpc) is 2.58. The molecule has 0 N–H and O–H groups in total. The minimum atomic E-state index is -3.44. The van der Waals surface area contributed by atoms with Gasteiger partial charge in [0, 0.05) is 11.8 Å². The van der Waals surface area contributed by atoms with E-state index >= 15 is 0 Å². The molecule has 2 aromatic carbocycles. The maximum absolute atomic E-state index is 12.3. The van der Waals surface area contributed by atoms with Gasteiger partial charge in [0.25, 0.3) is 0 Å². The molecular formula is C21H24O5S. The Morgan fingerprint density at radius 2 is 1.59 bits per heavy atom. The molecule has 2 aromatic rings. The van der Waals surface area contributed by atoms with Crippen LogP contribution in [0.4, 0.5) is 0 Å². The minimum absolute atomic E-state index is 0.0177. The zero-order valence-electron chi connectivity index (χ0n) is 16.2. The van der Waals surface area contributed by atoms with Crippen LogP contribution in [0.15, 0.2) is 47.4 Å². The van der Waals surface area contributed by atoms with E-state index in [0.29, 0.717) is 11.1 Å². The molecule has 0 radical (unpaired) electrons. The highest BCUT2D eigenvalue weighted by atomic mass is 32.2. The number of benzene rings is 2. The summed E-state index contributed by atoms with van der Waals surface area (Å²) in [5.74, 6) is -1.04. The van der Waals surface area contributed by atoms with Gasteiger partial charge in [-0.3, -0.25) is 4.79 Å². The van der Waals surface area contributed by atoms with Gasteiger partial charge in [-0.15, -0.1) is 0 Å². The molecule has 0 fully saturated rings. The summed E-state index contributed by atoms with van der Waals surface area (Å²) in [5, 5.41) is 0. The van der Waals surface area contributed by atoms with Gasteiger partial charge in [-0.1, -0.05) is 51.1 Å². The van der Waals surface area contributed by atoms with Crippen LogP contribution < -0.4 is 0 Å². The average molecular weight is 388 g/mol. The smallest absolute Gasteiger partial charge is 0.338 e. The molecule has 0 aromatic heterocycles. The monoisotopic (exact) mass is 388 g/mol. The van der Waals surface area contributed by atoms with Gasteiger partial charge in [0.1, 0.15) is 0 Å². The van der Waals surface area contributed by atoms with E-state index in [9.17, 15) is 18.0 Å². The van der Waals surface area contributed by atoms with Gasteiger partial charge in [0.15, 0.2) is 22.2 Å². The summed E-state index contributed by atoms with van der Waals surface area (Å²) in [6.45, 7) is 7.52. The molecule has 0 heterocycles. The lowest BCUT2D eigenvalue weighted by Gasteiger charge is -2.19. The summed E-state index contributed by atoms with van der Waals surface area (Å²) in [6.07, 6.45) is 1.07. The Hall–Kier alpha value is -2.47. The number of ketones is 1. The molecule has 0 unspecified atom stereocenters. The lowest BCUT2D eigenvalue weighted by molar-refractivity contribution is 0.0473. The highest BCUT2D eigenvalue weighted by Gasteiger charge is 2.18. The third-order valence-corrected chi connectivity index (χ3v) is 5.37. The van der Waals surface area contributed by atoms with Crippen LogP contribution in [-0.2, 0) is 20.0 Å². The van der Waals surface area contributed by atoms with E-state index in [2.05, 4.69) is 20.8 Å². The summed E-state index contributed by atoms with van der Waals surface area (Å²) in [5.41, 5.74) is 2.25. The fourth-order valence-electron chi connectivity index (χ4n) is 2.50. The molecule has 27 heavy (non-hydrogen) atoms. The standard InChI is InChI=1S/C21H24O5S/c1-14-6-11-17(27(5,24)25)12-18(14)20(23)26-13-19(22)15-7-9-16(10-8-15)21(2,3)4/h6-12H,13H2,1-5H3. The van der Waals surface area contributed by atoms with Crippen molar-refractivity contribution in [3.63, 3.8) is 0 Å². The number of sulfone groups is 1. The van der Waals surface area contributed by atoms with Crippen molar-refractivity contribution in [2.24, 2.45) is 0 Å². The predicted molar refractivity (Wildman–Crippen MR) is 104 cm³/mol. The van der Waals surface area contributed by atoms with Crippen LogP contribution in [0.25, 0.3) is 0 Å². The lowest BCUT2D eigenvalue weighted by atomic mass is 9.86. The maximum atomic E-state index is 12.3. The second-order valence-electron chi connectivity index (χ2n) is 7.58. The molecule has 0 aliphatic rings. The van der Waals surface area contributed by atoms with Gasteiger partial charge in [-0.2, -0.15) is 0 Å². The number of hydrogen-bond donors (Lipinski definition) is 0. The van der Waals surface area contributed by atoms with Crippen molar-refractivity contribution in [2.45, 2.75) is 38.0 Å². The van der Waals surface area contributed by atoms with E-state index in [0.717, 1.165) is 11.8 Å². The van der Waals surface area contributed by atoms with E-state index in [4.69, 9.17) is 4.74 Å². The molecular weight excluding hydrogens is 364 g/mol. The highest BCUT2D eigenvalue weighted by molar-refractivity contribution is 7.90. The number of Topliss-reactive ketones (excluding diaryl/α,β-unsaturated/α-hetero) is 1. The van der Waals surface area contributed by atoms with E-state index in [-0.39, 0.29) is 21.7 Å². The first-order chi connectivity index (χ1) is 12.4. The molecule has 2 rings (SSSR count). The van der Waals surface area contributed by atoms with Crippen LogP contribution in [0.2, 0.25) is 0 Å². The molecule has 0 bridgehead atoms. The Morgan fingerprint density at radius 1 is 1.00 bits per heavy atom. The Kier molecular flexibility index (Phi) is 5.90. The molecule has 0 saturated heterocycles. The SMILES string of the molecule is Cc1ccc(S(C)(=O)=O)cc1C(=O)OCC(=O)c1ccc(C(C)(C)C)cc1. The zero-order valence-corrected chi connectivity index (χ0v) is 17.0. The zero-order chi connectivity index (χ0) is 20.4. The van der Waals surface area contributed by atoms with Crippen LogP contribution in [0.1, 0.15) is 52.6 Å². The van der Waals surface area contributed by atoms with Gasteiger partial charge in [0.2, 0.25) is 0 Å². The Balaban J connectivity index is 2.10.